The van der Waals surface area contributed by atoms with Gasteiger partial charge in [-0.05, 0) is 0 Å². The zero-order chi connectivity index (χ0) is 35.5. The van der Waals surface area contributed by atoms with Crippen LogP contribution in [-0.2, 0) is 33.6 Å². The molecular formula is C20H44N2O19. The summed E-state index contributed by atoms with van der Waals surface area (Å²) in [5.41, 5.74) is 2.09. The quantitative estimate of drug-likeness (QED) is 0.102. The lowest BCUT2D eigenvalue weighted by molar-refractivity contribution is -0.135. The van der Waals surface area contributed by atoms with Crippen LogP contribution in [0, 0.1) is 0 Å². The largest absolute Gasteiger partial charge is 0.481 e. The van der Waals surface area contributed by atoms with Crippen LogP contribution in [0.1, 0.15) is 48.5 Å². The second-order valence-corrected chi connectivity index (χ2v) is 6.34. The number of nitrogens with two attached hydrogens (primary N) is 1. The molecule has 21 nitrogen and oxygen atoms in total. The lowest BCUT2D eigenvalue weighted by Gasteiger charge is -2.25. The van der Waals surface area contributed by atoms with Gasteiger partial charge in [0, 0.05) is 55.0 Å². The van der Waals surface area contributed by atoms with Crippen molar-refractivity contribution < 1.29 is 94.8 Å². The van der Waals surface area contributed by atoms with Gasteiger partial charge in [0.1, 0.15) is 18.3 Å². The average molecular weight is 617 g/mol. The molecule has 0 spiro atoms. The number of hydrazine groups is 1. The Morgan fingerprint density at radius 1 is 0.488 bits per heavy atom. The van der Waals surface area contributed by atoms with Crippen LogP contribution >= 0.6 is 0 Å². The van der Waals surface area contributed by atoms with Gasteiger partial charge in [0.05, 0.1) is 12.7 Å². The Morgan fingerprint density at radius 2 is 0.634 bits per heavy atom. The van der Waals surface area contributed by atoms with Crippen LogP contribution in [0.2, 0.25) is 0 Å². The Kier molecular flexibility index (Phi) is 59.9. The van der Waals surface area contributed by atoms with Crippen LogP contribution in [0.15, 0.2) is 0 Å². The first-order chi connectivity index (χ1) is 18.2. The summed E-state index contributed by atoms with van der Waals surface area (Å²) in [6, 6.07) is 0. The van der Waals surface area contributed by atoms with Crippen molar-refractivity contribution in [2.45, 2.75) is 72.9 Å². The van der Waals surface area contributed by atoms with Crippen molar-refractivity contribution in [2.75, 3.05) is 13.2 Å². The van der Waals surface area contributed by atoms with Gasteiger partial charge >= 0.3 is 0 Å². The first-order valence-electron chi connectivity index (χ1n) is 10.3. The molecule has 0 rings (SSSR count). The van der Waals surface area contributed by atoms with Crippen molar-refractivity contribution in [3.63, 3.8) is 0 Å². The van der Waals surface area contributed by atoms with Gasteiger partial charge in [-0.3, -0.25) is 44.8 Å². The Labute approximate surface area is 234 Å². The standard InChI is InChI=1S/C6H16N2O5.7C2H4O2/c7-8-1-3(10)5(12)6(13)4(11)2-9;7*1-2(3)4/h3-6,8-13H,1-2,7H2;7*1H3,(H,3,4)/t3-,4+,5-,6-;;;;;;;/m0......./s1. The normalized spacial score (nSPS) is 10.9. The molecule has 0 aliphatic rings. The highest BCUT2D eigenvalue weighted by Gasteiger charge is 2.29. The summed E-state index contributed by atoms with van der Waals surface area (Å²) in [6.45, 7) is 6.76. The van der Waals surface area contributed by atoms with Gasteiger partial charge in [-0.1, -0.05) is 0 Å². The number of nitrogens with one attached hydrogen (secondary N) is 1. The monoisotopic (exact) mass is 616 g/mol. The second kappa shape index (κ2) is 43.1. The Hall–Kier alpha value is -3.99. The van der Waals surface area contributed by atoms with Gasteiger partial charge in [-0.2, -0.15) is 0 Å². The van der Waals surface area contributed by atoms with Crippen LogP contribution in [0.3, 0.4) is 0 Å². The number of hydrogen-bond donors (Lipinski definition) is 14. The van der Waals surface area contributed by atoms with E-state index in [2.05, 4.69) is 5.43 Å². The number of rotatable bonds is 6. The summed E-state index contributed by atoms with van der Waals surface area (Å²) in [7, 11) is 0. The molecule has 0 aromatic heterocycles. The first kappa shape index (κ1) is 57.0. The maximum atomic E-state index is 9.15. The number of aliphatic hydroxyl groups is 5. The topological polar surface area (TPSA) is 400 Å². The van der Waals surface area contributed by atoms with Crippen molar-refractivity contribution in [1.29, 1.82) is 0 Å². The van der Waals surface area contributed by atoms with Crippen molar-refractivity contribution >= 4 is 41.8 Å². The number of carboxylic acid groups (broad SMARTS) is 7. The average Bonchev–Trinajstić information content (AvgIpc) is 2.69. The summed E-state index contributed by atoms with van der Waals surface area (Å²) < 4.78 is 0. The highest BCUT2D eigenvalue weighted by atomic mass is 16.4. The summed E-state index contributed by atoms with van der Waals surface area (Å²) in [6.07, 6.45) is -5.95. The van der Waals surface area contributed by atoms with Gasteiger partial charge < -0.3 is 61.3 Å². The maximum Gasteiger partial charge on any atom is 0.300 e. The van der Waals surface area contributed by atoms with Gasteiger partial charge in [-0.15, -0.1) is 0 Å². The third-order valence-corrected chi connectivity index (χ3v) is 1.65. The van der Waals surface area contributed by atoms with E-state index < -0.39 is 72.8 Å². The molecule has 0 heterocycles. The molecule has 248 valence electrons. The Bertz CT molecular complexity index is 542. The van der Waals surface area contributed by atoms with E-state index in [0.29, 0.717) is 0 Å². The molecule has 41 heavy (non-hydrogen) atoms. The minimum Gasteiger partial charge on any atom is -0.481 e. The highest BCUT2D eigenvalue weighted by Crippen LogP contribution is 2.03. The summed E-state index contributed by atoms with van der Waals surface area (Å²) in [4.78, 5) is 63.0. The molecule has 0 aliphatic heterocycles. The third-order valence-electron chi connectivity index (χ3n) is 1.65. The first-order valence-corrected chi connectivity index (χ1v) is 10.3. The fourth-order valence-corrected chi connectivity index (χ4v) is 0.805. The molecule has 4 atom stereocenters. The maximum absolute atomic E-state index is 9.15. The molecular weight excluding hydrogens is 572 g/mol. The van der Waals surface area contributed by atoms with Gasteiger partial charge in [0.2, 0.25) is 0 Å². The zero-order valence-corrected chi connectivity index (χ0v) is 23.5. The fourth-order valence-electron chi connectivity index (χ4n) is 0.805. The van der Waals surface area contributed by atoms with Crippen LogP contribution in [0.25, 0.3) is 0 Å². The number of hydrogen-bond acceptors (Lipinski definition) is 14. The van der Waals surface area contributed by atoms with Gasteiger partial charge in [-0.25, -0.2) is 0 Å². The zero-order valence-electron chi connectivity index (χ0n) is 23.5. The third kappa shape index (κ3) is 246. The lowest BCUT2D eigenvalue weighted by atomic mass is 10.0. The minimum absolute atomic E-state index is 0.129. The Morgan fingerprint density at radius 3 is 0.756 bits per heavy atom. The number of carboxylic acids is 7. The predicted octanol–water partition coefficient (Wildman–Crippen LogP) is -3.48. The minimum atomic E-state index is -1.60. The van der Waals surface area contributed by atoms with Crippen molar-refractivity contribution in [3.8, 4) is 0 Å². The highest BCUT2D eigenvalue weighted by molar-refractivity contribution is 5.64. The predicted molar refractivity (Wildman–Crippen MR) is 136 cm³/mol. The van der Waals surface area contributed by atoms with E-state index in [9.17, 15) is 0 Å². The molecule has 0 fully saturated rings. The molecule has 0 aliphatic carbocycles. The van der Waals surface area contributed by atoms with E-state index in [1.807, 2.05) is 0 Å². The van der Waals surface area contributed by atoms with Crippen molar-refractivity contribution in [3.05, 3.63) is 0 Å². The molecule has 0 saturated heterocycles. The van der Waals surface area contributed by atoms with E-state index in [1.165, 1.54) is 0 Å². The van der Waals surface area contributed by atoms with Gasteiger partial charge in [0.25, 0.3) is 41.8 Å². The van der Waals surface area contributed by atoms with Crippen molar-refractivity contribution in [1.82, 2.24) is 5.43 Å². The van der Waals surface area contributed by atoms with Crippen LogP contribution < -0.4 is 11.3 Å². The van der Waals surface area contributed by atoms with E-state index >= 15 is 0 Å². The molecule has 0 radical (unpaired) electrons. The number of aliphatic carboxylic acids is 7. The van der Waals surface area contributed by atoms with Crippen LogP contribution in [-0.4, -0.2) is 141 Å². The molecule has 15 N–H and O–H groups in total. The smallest absolute Gasteiger partial charge is 0.300 e. The molecule has 0 amide bonds. The fraction of sp³-hybridized carbons (Fsp3) is 0.650. The summed E-state index contributed by atoms with van der Waals surface area (Å²) in [5, 5.41) is 96.6. The SMILES string of the molecule is CC(=O)O.CC(=O)O.CC(=O)O.CC(=O)O.CC(=O)O.CC(=O)O.CC(=O)O.NNC[C@H](O)[C@H](O)[C@@H](O)[C@H](O)CO. The lowest BCUT2D eigenvalue weighted by Crippen LogP contribution is -2.49. The van der Waals surface area contributed by atoms with E-state index in [4.69, 9.17) is 101 Å². The molecule has 0 saturated carbocycles. The van der Waals surface area contributed by atoms with Crippen LogP contribution in [0.4, 0.5) is 0 Å². The molecule has 0 aromatic carbocycles. The number of aliphatic hydroxyl groups excluding tert-OH is 5. The van der Waals surface area contributed by atoms with E-state index in [0.717, 1.165) is 48.5 Å². The summed E-state index contributed by atoms with van der Waals surface area (Å²) >= 11 is 0. The van der Waals surface area contributed by atoms with Crippen molar-refractivity contribution in [2.24, 2.45) is 5.84 Å². The van der Waals surface area contributed by atoms with E-state index in [-0.39, 0.29) is 6.54 Å². The molecule has 21 heteroatoms. The second-order valence-electron chi connectivity index (χ2n) is 6.34. The molecule has 0 aromatic rings. The summed E-state index contributed by atoms with van der Waals surface area (Å²) in [5.74, 6) is -0.972. The molecule has 0 unspecified atom stereocenters. The van der Waals surface area contributed by atoms with E-state index in [1.54, 1.807) is 0 Å². The molecule has 0 bridgehead atoms. The van der Waals surface area contributed by atoms with Crippen LogP contribution in [0.5, 0.6) is 0 Å². The van der Waals surface area contributed by atoms with Gasteiger partial charge in [0.15, 0.2) is 0 Å². The Balaban J connectivity index is -0.0000000548. The number of carbonyl (C=O) groups is 7.